The second kappa shape index (κ2) is 19.7. The topological polar surface area (TPSA) is 103 Å². The van der Waals surface area contributed by atoms with Crippen molar-refractivity contribution in [3.05, 3.63) is 301 Å². The Balaban J connectivity index is 0.809. The molecule has 0 saturated heterocycles. The van der Waals surface area contributed by atoms with Gasteiger partial charge in [0.05, 0.1) is 0 Å². The lowest BCUT2D eigenvalue weighted by Crippen LogP contribution is -2.27. The average Bonchev–Trinajstić information content (AvgIpc) is 3.71. The van der Waals surface area contributed by atoms with Crippen LogP contribution in [0.4, 0.5) is 0 Å². The van der Waals surface area contributed by atoms with Crippen LogP contribution in [0.3, 0.4) is 0 Å². The number of aromatic nitrogens is 8. The van der Waals surface area contributed by atoms with Gasteiger partial charge in [-0.1, -0.05) is 206 Å². The van der Waals surface area contributed by atoms with E-state index in [4.69, 9.17) is 29.9 Å². The van der Waals surface area contributed by atoms with Crippen LogP contribution in [0.5, 0.6) is 0 Å². The molecule has 9 aromatic carbocycles. The van der Waals surface area contributed by atoms with Crippen molar-refractivity contribution < 1.29 is 0 Å². The van der Waals surface area contributed by atoms with Crippen LogP contribution in [-0.4, -0.2) is 39.9 Å². The Morgan fingerprint density at radius 1 is 0.188 bits per heavy atom. The van der Waals surface area contributed by atoms with Crippen LogP contribution in [0.15, 0.2) is 267 Å². The lowest BCUT2D eigenvalue weighted by Gasteiger charge is -2.42. The Morgan fingerprint density at radius 3 is 0.850 bits per heavy atom. The zero-order valence-electron chi connectivity index (χ0n) is 43.1. The molecule has 0 spiro atoms. The molecular formula is C72H46N8. The molecule has 374 valence electrons. The van der Waals surface area contributed by atoms with Crippen LogP contribution >= 0.6 is 0 Å². The third-order valence-corrected chi connectivity index (χ3v) is 15.6. The highest BCUT2D eigenvalue weighted by molar-refractivity contribution is 5.86. The first kappa shape index (κ1) is 46.6. The van der Waals surface area contributed by atoms with E-state index in [0.717, 1.165) is 77.9 Å². The summed E-state index contributed by atoms with van der Waals surface area (Å²) in [4.78, 5) is 39.4. The van der Waals surface area contributed by atoms with Gasteiger partial charge in [-0.2, -0.15) is 0 Å². The largest absolute Gasteiger partial charge is 0.265 e. The minimum absolute atomic E-state index is 0.0330. The van der Waals surface area contributed by atoms with Crippen LogP contribution in [-0.2, 0) is 0 Å². The van der Waals surface area contributed by atoms with Gasteiger partial charge in [0.25, 0.3) is 0 Å². The first-order valence-corrected chi connectivity index (χ1v) is 26.9. The summed E-state index contributed by atoms with van der Waals surface area (Å²) < 4.78 is 0. The van der Waals surface area contributed by atoms with Crippen LogP contribution in [0.25, 0.3) is 113 Å². The summed E-state index contributed by atoms with van der Waals surface area (Å²) in [6.45, 7) is 0. The summed E-state index contributed by atoms with van der Waals surface area (Å²) in [6.07, 6.45) is 7.26. The summed E-state index contributed by atoms with van der Waals surface area (Å²) in [5.41, 5.74) is 22.2. The normalized spacial score (nSPS) is 13.8. The van der Waals surface area contributed by atoms with Gasteiger partial charge in [0.2, 0.25) is 0 Å². The molecule has 2 atom stereocenters. The molecule has 3 aliphatic carbocycles. The van der Waals surface area contributed by atoms with Gasteiger partial charge in [0, 0.05) is 70.0 Å². The van der Waals surface area contributed by atoms with Crippen molar-refractivity contribution in [2.75, 3.05) is 0 Å². The average molecular weight is 1020 g/mol. The van der Waals surface area contributed by atoms with E-state index in [1.54, 1.807) is 0 Å². The third-order valence-electron chi connectivity index (χ3n) is 15.6. The maximum Gasteiger partial charge on any atom is 0.164 e. The van der Waals surface area contributed by atoms with E-state index in [0.29, 0.717) is 34.9 Å². The highest BCUT2D eigenvalue weighted by atomic mass is 15.0. The van der Waals surface area contributed by atoms with Crippen molar-refractivity contribution in [2.24, 2.45) is 0 Å². The zero-order chi connectivity index (χ0) is 52.9. The molecule has 0 saturated carbocycles. The molecule has 4 heterocycles. The molecule has 0 N–H and O–H groups in total. The number of hydrogen-bond donors (Lipinski definition) is 0. The summed E-state index contributed by atoms with van der Waals surface area (Å²) in [5.74, 6) is 3.76. The smallest absolute Gasteiger partial charge is 0.164 e. The van der Waals surface area contributed by atoms with Gasteiger partial charge in [-0.25, -0.2) is 29.9 Å². The van der Waals surface area contributed by atoms with Crippen LogP contribution < -0.4 is 0 Å². The molecule has 80 heavy (non-hydrogen) atoms. The number of hydrogen-bond acceptors (Lipinski definition) is 8. The zero-order valence-corrected chi connectivity index (χ0v) is 43.1. The van der Waals surface area contributed by atoms with Crippen molar-refractivity contribution in [3.8, 4) is 113 Å². The number of pyridine rings is 2. The molecule has 8 heteroatoms. The lowest BCUT2D eigenvalue weighted by molar-refractivity contribution is 0.755. The molecule has 8 nitrogen and oxygen atoms in total. The molecule has 2 unspecified atom stereocenters. The first-order chi connectivity index (χ1) is 39.6. The van der Waals surface area contributed by atoms with E-state index in [1.807, 2.05) is 85.5 Å². The third kappa shape index (κ3) is 8.34. The van der Waals surface area contributed by atoms with Gasteiger partial charge in [-0.15, -0.1) is 0 Å². The Kier molecular flexibility index (Phi) is 11.5. The van der Waals surface area contributed by atoms with Gasteiger partial charge >= 0.3 is 0 Å². The highest BCUT2D eigenvalue weighted by Gasteiger charge is 2.41. The number of rotatable bonds is 10. The maximum absolute atomic E-state index is 5.24. The first-order valence-electron chi connectivity index (χ1n) is 26.9. The van der Waals surface area contributed by atoms with E-state index in [-0.39, 0.29) is 11.8 Å². The number of benzene rings is 9. The molecule has 4 aromatic heterocycles. The fourth-order valence-electron chi connectivity index (χ4n) is 11.8. The standard InChI is InChI=1S/C72H46N8/c1-3-13-49(14-4-1)67-75-69(51-27-23-45(24-28-51)47-35-39-73-40-36-47)79-71(77-67)61-21-11-7-17-55(61)53-31-33-59-63(43-53)65-57-19-9-10-20-58(57)66(59)64-44-54(32-34-60(64)65)56-18-8-12-22-62(56)72-78-68(50-15-5-2-6-16-50)76-70(80-72)52-29-25-46(26-30-52)48-37-41-74-42-38-48/h1-44,65-66H. The second-order valence-corrected chi connectivity index (χ2v) is 20.2. The van der Waals surface area contributed by atoms with Crippen molar-refractivity contribution in [2.45, 2.75) is 11.8 Å². The van der Waals surface area contributed by atoms with E-state index >= 15 is 0 Å². The minimum atomic E-state index is 0.0330. The molecule has 0 aliphatic heterocycles. The Morgan fingerprint density at radius 2 is 0.463 bits per heavy atom. The SMILES string of the molecule is c1ccc(-c2nc(-c3ccc(-c4ccncc4)cc3)nc(-c3ccccc3-c3ccc4c(c3)C3c5ccccc5C4c4cc(-c5ccccc5-c5nc(-c6ccccc6)nc(-c6ccc(-c7ccncc7)cc6)n5)ccc43)n2)cc1. The summed E-state index contributed by atoms with van der Waals surface area (Å²) in [7, 11) is 0. The molecule has 16 rings (SSSR count). The van der Waals surface area contributed by atoms with Gasteiger partial charge in [0.1, 0.15) is 0 Å². The molecule has 0 amide bonds. The quantitative estimate of drug-likeness (QED) is 0.133. The van der Waals surface area contributed by atoms with Gasteiger partial charge < -0.3 is 0 Å². The van der Waals surface area contributed by atoms with Crippen LogP contribution in [0, 0.1) is 0 Å². The summed E-state index contributed by atoms with van der Waals surface area (Å²) in [5, 5.41) is 0. The monoisotopic (exact) mass is 1020 g/mol. The fraction of sp³-hybridized carbons (Fsp3) is 0.0278. The predicted molar refractivity (Wildman–Crippen MR) is 318 cm³/mol. The Hall–Kier alpha value is -10.7. The molecule has 3 aliphatic rings. The fourth-order valence-corrected chi connectivity index (χ4v) is 11.8. The Bertz CT molecular complexity index is 4170. The minimum Gasteiger partial charge on any atom is -0.265 e. The van der Waals surface area contributed by atoms with E-state index in [1.165, 1.54) is 33.4 Å². The van der Waals surface area contributed by atoms with Crippen molar-refractivity contribution in [1.29, 1.82) is 0 Å². The van der Waals surface area contributed by atoms with Crippen molar-refractivity contribution in [1.82, 2.24) is 39.9 Å². The van der Waals surface area contributed by atoms with Gasteiger partial charge in [-0.05, 0) is 114 Å². The van der Waals surface area contributed by atoms with Crippen LogP contribution in [0.2, 0.25) is 0 Å². The van der Waals surface area contributed by atoms with Crippen molar-refractivity contribution >= 4 is 0 Å². The predicted octanol–water partition coefficient (Wildman–Crippen LogP) is 16.5. The number of nitrogens with zero attached hydrogens (tertiary/aromatic N) is 8. The molecule has 2 bridgehead atoms. The molecule has 13 aromatic rings. The summed E-state index contributed by atoms with van der Waals surface area (Å²) in [6, 6.07) is 85.3. The van der Waals surface area contributed by atoms with Crippen molar-refractivity contribution in [3.63, 3.8) is 0 Å². The van der Waals surface area contributed by atoms with E-state index in [9.17, 15) is 0 Å². The Labute approximate surface area is 463 Å². The highest BCUT2D eigenvalue weighted by Crippen LogP contribution is 2.57. The second-order valence-electron chi connectivity index (χ2n) is 20.2. The molecule has 0 radical (unpaired) electrons. The van der Waals surface area contributed by atoms with Crippen LogP contribution in [0.1, 0.15) is 45.2 Å². The lowest BCUT2D eigenvalue weighted by atomic mass is 9.60. The van der Waals surface area contributed by atoms with E-state index in [2.05, 4.69) is 192 Å². The molecule has 0 fully saturated rings. The van der Waals surface area contributed by atoms with E-state index < -0.39 is 0 Å². The molecular weight excluding hydrogens is 977 g/mol. The van der Waals surface area contributed by atoms with Gasteiger partial charge in [-0.3, -0.25) is 9.97 Å². The van der Waals surface area contributed by atoms with Gasteiger partial charge in [0.15, 0.2) is 34.9 Å². The maximum atomic E-state index is 5.24. The summed E-state index contributed by atoms with van der Waals surface area (Å²) >= 11 is 0.